The lowest BCUT2D eigenvalue weighted by atomic mass is 10.0. The Bertz CT molecular complexity index is 1520. The van der Waals surface area contributed by atoms with Gasteiger partial charge in [-0.25, -0.2) is 4.57 Å². The van der Waals surface area contributed by atoms with E-state index in [4.69, 9.17) is 24.3 Å². The molecule has 0 aromatic heterocycles. The van der Waals surface area contributed by atoms with Gasteiger partial charge in [-0.2, -0.15) is 0 Å². The first-order chi connectivity index (χ1) is 38.8. The number of hydrogen-bond donors (Lipinski definition) is 2. The van der Waals surface area contributed by atoms with Crippen LogP contribution in [0.2, 0.25) is 0 Å². The molecule has 0 aromatic rings. The van der Waals surface area contributed by atoms with Gasteiger partial charge >= 0.3 is 19.8 Å². The van der Waals surface area contributed by atoms with Gasteiger partial charge in [-0.05, 0) is 83.5 Å². The van der Waals surface area contributed by atoms with Crippen molar-refractivity contribution in [3.8, 4) is 0 Å². The summed E-state index contributed by atoms with van der Waals surface area (Å²) in [4.78, 5) is 35.3. The van der Waals surface area contributed by atoms with Gasteiger partial charge in [0.1, 0.15) is 6.61 Å². The maximum Gasteiger partial charge on any atom is 0.472 e. The van der Waals surface area contributed by atoms with E-state index >= 15 is 0 Å². The van der Waals surface area contributed by atoms with Crippen molar-refractivity contribution in [1.82, 2.24) is 0 Å². The summed E-state index contributed by atoms with van der Waals surface area (Å²) in [7, 11) is -4.39. The van der Waals surface area contributed by atoms with Crippen molar-refractivity contribution in [2.45, 2.75) is 328 Å². The number of carbonyl (C=O) groups excluding carboxylic acids is 2. The van der Waals surface area contributed by atoms with Crippen molar-refractivity contribution < 1.29 is 37.6 Å². The third kappa shape index (κ3) is 64.5. The summed E-state index contributed by atoms with van der Waals surface area (Å²) < 4.78 is 33.1. The summed E-state index contributed by atoms with van der Waals surface area (Å²) in [6.07, 6.45) is 84.3. The van der Waals surface area contributed by atoms with E-state index in [1.807, 2.05) is 0 Å². The lowest BCUT2D eigenvalue weighted by Crippen LogP contribution is -2.29. The fourth-order valence-corrected chi connectivity index (χ4v) is 10.4. The van der Waals surface area contributed by atoms with Gasteiger partial charge in [0.25, 0.3) is 0 Å². The molecule has 10 heteroatoms. The van der Waals surface area contributed by atoms with Crippen LogP contribution >= 0.6 is 7.82 Å². The molecule has 2 atom stereocenters. The minimum absolute atomic E-state index is 0.0507. The van der Waals surface area contributed by atoms with Crippen molar-refractivity contribution in [3.63, 3.8) is 0 Å². The second-order valence-electron chi connectivity index (χ2n) is 22.3. The molecule has 460 valence electrons. The first-order valence-corrected chi connectivity index (χ1v) is 34.9. The first kappa shape index (κ1) is 76.5. The standard InChI is InChI=1S/C69H126NO8P/c1-3-5-7-9-11-13-15-17-19-21-23-25-26-27-28-29-30-31-32-33-34-35-36-37-38-39-40-42-43-45-47-49-51-53-55-57-59-61-68(71)75-65-67(66-77-79(73,74)76-64-63-70)78-69(72)62-60-58-56-54-52-50-48-46-44-41-24-22-20-18-16-14-12-10-8-6-4-2/h6,8,12,14-15,17-18,20-21,23-24,41,67H,3-5,7,9-11,13,16,19,22,25-40,42-66,70H2,1-2H3,(H,73,74)/b8-6-,14-12-,17-15-,20-18-,23-21-,41-24-. The summed E-state index contributed by atoms with van der Waals surface area (Å²) in [6, 6.07) is 0. The molecular formula is C69H126NO8P. The second kappa shape index (κ2) is 64.6. The van der Waals surface area contributed by atoms with E-state index in [1.54, 1.807) is 0 Å². The molecule has 2 unspecified atom stereocenters. The molecule has 0 spiro atoms. The van der Waals surface area contributed by atoms with Crippen LogP contribution in [-0.4, -0.2) is 49.3 Å². The Labute approximate surface area is 488 Å². The van der Waals surface area contributed by atoms with E-state index in [2.05, 4.69) is 86.8 Å². The predicted octanol–water partition coefficient (Wildman–Crippen LogP) is 21.6. The topological polar surface area (TPSA) is 134 Å². The van der Waals surface area contributed by atoms with Crippen LogP contribution in [0.5, 0.6) is 0 Å². The number of carbonyl (C=O) groups is 2. The predicted molar refractivity (Wildman–Crippen MR) is 339 cm³/mol. The molecule has 79 heavy (non-hydrogen) atoms. The Morgan fingerprint density at radius 1 is 0.392 bits per heavy atom. The van der Waals surface area contributed by atoms with E-state index in [0.29, 0.717) is 6.42 Å². The third-order valence-electron chi connectivity index (χ3n) is 14.6. The molecule has 3 N–H and O–H groups in total. The Morgan fingerprint density at radius 3 is 1.04 bits per heavy atom. The highest BCUT2D eigenvalue weighted by Crippen LogP contribution is 2.43. The van der Waals surface area contributed by atoms with Crippen LogP contribution in [0.1, 0.15) is 322 Å². The molecule has 0 bridgehead atoms. The number of hydrogen-bond acceptors (Lipinski definition) is 8. The van der Waals surface area contributed by atoms with Gasteiger partial charge in [-0.15, -0.1) is 0 Å². The Hall–Kier alpha value is -2.55. The zero-order valence-corrected chi connectivity index (χ0v) is 52.5. The van der Waals surface area contributed by atoms with Gasteiger partial charge in [-0.3, -0.25) is 18.6 Å². The van der Waals surface area contributed by atoms with E-state index in [1.165, 1.54) is 212 Å². The van der Waals surface area contributed by atoms with Crippen LogP contribution in [0.3, 0.4) is 0 Å². The van der Waals surface area contributed by atoms with Crippen LogP contribution < -0.4 is 5.73 Å². The van der Waals surface area contributed by atoms with Gasteiger partial charge < -0.3 is 20.1 Å². The summed E-state index contributed by atoms with van der Waals surface area (Å²) in [5, 5.41) is 0. The molecule has 0 aliphatic carbocycles. The maximum atomic E-state index is 12.7. The zero-order chi connectivity index (χ0) is 57.3. The second-order valence-corrected chi connectivity index (χ2v) is 23.8. The normalized spacial score (nSPS) is 13.4. The summed E-state index contributed by atoms with van der Waals surface area (Å²) in [5.41, 5.74) is 5.39. The Morgan fingerprint density at radius 2 is 0.696 bits per heavy atom. The van der Waals surface area contributed by atoms with Crippen LogP contribution in [0.4, 0.5) is 0 Å². The highest BCUT2D eigenvalue weighted by atomic mass is 31.2. The summed E-state index contributed by atoms with van der Waals surface area (Å²) in [6.45, 7) is 3.65. The van der Waals surface area contributed by atoms with E-state index < -0.39 is 26.5 Å². The molecule has 0 amide bonds. The quantitative estimate of drug-likeness (QED) is 0.0264. The van der Waals surface area contributed by atoms with Crippen LogP contribution in [-0.2, 0) is 32.7 Å². The molecular weight excluding hydrogens is 1000 g/mol. The van der Waals surface area contributed by atoms with Gasteiger partial charge in [0, 0.05) is 19.4 Å². The smallest absolute Gasteiger partial charge is 0.462 e. The number of phosphoric ester groups is 1. The monoisotopic (exact) mass is 1130 g/mol. The molecule has 0 aliphatic rings. The number of ether oxygens (including phenoxy) is 2. The zero-order valence-electron chi connectivity index (χ0n) is 51.6. The minimum atomic E-state index is -4.39. The molecule has 0 saturated heterocycles. The van der Waals surface area contributed by atoms with Crippen molar-refractivity contribution in [2.24, 2.45) is 5.73 Å². The van der Waals surface area contributed by atoms with Gasteiger partial charge in [0.15, 0.2) is 6.10 Å². The number of esters is 2. The number of allylic oxidation sites excluding steroid dienone is 12. The third-order valence-corrected chi connectivity index (χ3v) is 15.6. The SMILES string of the molecule is CC/C=C\C/C=C\C/C=C\C/C=C\CCCCCCCCCCC(=O)OC(COC(=O)CCCCCCCCCCCCCCCCCCCCCCCCCCC/C=C\C/C=C\CCCCCCC)COP(=O)(O)OCCN. The van der Waals surface area contributed by atoms with Crippen LogP contribution in [0, 0.1) is 0 Å². The highest BCUT2D eigenvalue weighted by molar-refractivity contribution is 7.47. The van der Waals surface area contributed by atoms with E-state index in [0.717, 1.165) is 77.0 Å². The molecule has 0 rings (SSSR count). The Balaban J connectivity index is 3.81. The lowest BCUT2D eigenvalue weighted by molar-refractivity contribution is -0.161. The van der Waals surface area contributed by atoms with Crippen molar-refractivity contribution in [1.29, 1.82) is 0 Å². The minimum Gasteiger partial charge on any atom is -0.462 e. The average molecular weight is 1130 g/mol. The van der Waals surface area contributed by atoms with Crippen LogP contribution in [0.25, 0.3) is 0 Å². The van der Waals surface area contributed by atoms with E-state index in [-0.39, 0.29) is 38.6 Å². The van der Waals surface area contributed by atoms with Gasteiger partial charge in [0.2, 0.25) is 0 Å². The largest absolute Gasteiger partial charge is 0.472 e. The molecule has 0 radical (unpaired) electrons. The average Bonchev–Trinajstić information content (AvgIpc) is 3.44. The summed E-state index contributed by atoms with van der Waals surface area (Å²) in [5.74, 6) is -0.826. The molecule has 0 aromatic carbocycles. The number of rotatable bonds is 63. The van der Waals surface area contributed by atoms with Gasteiger partial charge in [0.05, 0.1) is 13.2 Å². The lowest BCUT2D eigenvalue weighted by Gasteiger charge is -2.19. The molecule has 0 fully saturated rings. The highest BCUT2D eigenvalue weighted by Gasteiger charge is 2.26. The number of nitrogens with two attached hydrogens (primary N) is 1. The maximum absolute atomic E-state index is 12.7. The fourth-order valence-electron chi connectivity index (χ4n) is 9.66. The van der Waals surface area contributed by atoms with Crippen molar-refractivity contribution >= 4 is 19.8 Å². The molecule has 0 saturated carbocycles. The van der Waals surface area contributed by atoms with Crippen LogP contribution in [0.15, 0.2) is 72.9 Å². The molecule has 0 heterocycles. The van der Waals surface area contributed by atoms with Crippen molar-refractivity contribution in [3.05, 3.63) is 72.9 Å². The van der Waals surface area contributed by atoms with E-state index in [9.17, 15) is 19.0 Å². The Kier molecular flexibility index (Phi) is 62.5. The van der Waals surface area contributed by atoms with Gasteiger partial charge in [-0.1, -0.05) is 299 Å². The summed E-state index contributed by atoms with van der Waals surface area (Å²) >= 11 is 0. The molecule has 9 nitrogen and oxygen atoms in total. The number of unbranched alkanes of at least 4 members (excludes halogenated alkanes) is 38. The van der Waals surface area contributed by atoms with Crippen molar-refractivity contribution in [2.75, 3.05) is 26.4 Å². The molecule has 0 aliphatic heterocycles. The number of phosphoric acid groups is 1. The first-order valence-electron chi connectivity index (χ1n) is 33.4. The fraction of sp³-hybridized carbons (Fsp3) is 0.797.